The van der Waals surface area contributed by atoms with E-state index >= 15 is 0 Å². The number of nitrogens with one attached hydrogen (secondary N) is 1. The van der Waals surface area contributed by atoms with Gasteiger partial charge in [0.25, 0.3) is 0 Å². The highest BCUT2D eigenvalue weighted by Gasteiger charge is 2.36. The Hall–Kier alpha value is -1.41. The van der Waals surface area contributed by atoms with Crippen LogP contribution < -0.4 is 5.32 Å². The van der Waals surface area contributed by atoms with Crippen LogP contribution in [0.15, 0.2) is 30.3 Å². The molecule has 2 rings (SSSR count). The highest BCUT2D eigenvalue weighted by Crippen LogP contribution is 2.29. The van der Waals surface area contributed by atoms with Gasteiger partial charge in [0.2, 0.25) is 0 Å². The van der Waals surface area contributed by atoms with Crippen LogP contribution in [-0.2, 0) is 4.79 Å². The highest BCUT2D eigenvalue weighted by atomic mass is 16.4. The zero-order valence-corrected chi connectivity index (χ0v) is 16.3. The van der Waals surface area contributed by atoms with Crippen molar-refractivity contribution in [1.29, 1.82) is 0 Å². The van der Waals surface area contributed by atoms with E-state index in [0.717, 1.165) is 32.5 Å². The van der Waals surface area contributed by atoms with Crippen LogP contribution in [0.1, 0.15) is 50.0 Å². The summed E-state index contributed by atoms with van der Waals surface area (Å²) in [6.07, 6.45) is 4.81. The van der Waals surface area contributed by atoms with E-state index in [1.807, 2.05) is 6.07 Å². The van der Waals surface area contributed by atoms with Gasteiger partial charge in [0.1, 0.15) is 5.54 Å². The van der Waals surface area contributed by atoms with Crippen LogP contribution >= 0.6 is 0 Å². The van der Waals surface area contributed by atoms with E-state index < -0.39 is 18.6 Å². The lowest BCUT2D eigenvalue weighted by molar-refractivity contribution is -0.145. The number of piperidine rings is 1. The normalized spacial score (nSPS) is 18.2. The molecule has 1 aromatic rings. The zero-order valence-electron chi connectivity index (χ0n) is 16.3. The zero-order chi connectivity index (χ0) is 19.7. The summed E-state index contributed by atoms with van der Waals surface area (Å²) in [6.45, 7) is 2.75. The minimum absolute atomic E-state index is 0.284. The van der Waals surface area contributed by atoms with Crippen molar-refractivity contribution in [2.24, 2.45) is 0 Å². The average Bonchev–Trinajstić information content (AvgIpc) is 2.68. The maximum atomic E-state index is 11.9. The molecule has 1 atom stereocenters. The van der Waals surface area contributed by atoms with Gasteiger partial charge in [0.05, 0.1) is 0 Å². The predicted octanol–water partition coefficient (Wildman–Crippen LogP) is 1.94. The molecule has 27 heavy (non-hydrogen) atoms. The Morgan fingerprint density at radius 1 is 1.19 bits per heavy atom. The lowest BCUT2D eigenvalue weighted by Gasteiger charge is -2.36. The molecule has 1 fully saturated rings. The number of aliphatic carboxylic acids is 1. The molecule has 1 unspecified atom stereocenters. The second kappa shape index (κ2) is 10.8. The molecule has 1 aromatic carbocycles. The molecule has 0 spiro atoms. The summed E-state index contributed by atoms with van der Waals surface area (Å²) in [7, 11) is 0.390. The first kappa shape index (κ1) is 21.9. The van der Waals surface area contributed by atoms with E-state index in [0.29, 0.717) is 31.6 Å². The van der Waals surface area contributed by atoms with Crippen LogP contribution in [0, 0.1) is 0 Å². The summed E-state index contributed by atoms with van der Waals surface area (Å²) in [5, 5.41) is 30.7. The van der Waals surface area contributed by atoms with Crippen LogP contribution in [0.25, 0.3) is 0 Å². The number of likely N-dealkylation sites (N-methyl/N-ethyl adjacent to an activating group) is 1. The van der Waals surface area contributed by atoms with Crippen molar-refractivity contribution in [3.63, 3.8) is 0 Å². The Balaban J connectivity index is 1.81. The van der Waals surface area contributed by atoms with Gasteiger partial charge < -0.3 is 25.4 Å². The quantitative estimate of drug-likeness (QED) is 0.349. The second-order valence-electron chi connectivity index (χ2n) is 7.64. The van der Waals surface area contributed by atoms with Crippen molar-refractivity contribution in [3.8, 4) is 0 Å². The lowest BCUT2D eigenvalue weighted by Crippen LogP contribution is -2.52. The van der Waals surface area contributed by atoms with E-state index in [-0.39, 0.29) is 6.32 Å². The van der Waals surface area contributed by atoms with Gasteiger partial charge in [-0.05, 0) is 63.6 Å². The summed E-state index contributed by atoms with van der Waals surface area (Å²) in [5.41, 5.74) is 0.453. The first-order valence-corrected chi connectivity index (χ1v) is 10.0. The van der Waals surface area contributed by atoms with E-state index in [9.17, 15) is 9.90 Å². The van der Waals surface area contributed by atoms with Crippen LogP contribution in [0.5, 0.6) is 0 Å². The number of carbonyl (C=O) groups is 1. The number of unbranched alkanes of at least 4 members (excludes halogenated alkanes) is 1. The maximum Gasteiger partial charge on any atom is 0.451 e. The smallest absolute Gasteiger partial charge is 0.451 e. The minimum atomic E-state index is -1.32. The van der Waals surface area contributed by atoms with Gasteiger partial charge in [-0.3, -0.25) is 4.79 Å². The third-order valence-corrected chi connectivity index (χ3v) is 5.92. The molecule has 1 saturated heterocycles. The van der Waals surface area contributed by atoms with E-state index in [4.69, 9.17) is 10.0 Å². The van der Waals surface area contributed by atoms with Crippen molar-refractivity contribution in [3.05, 3.63) is 35.9 Å². The summed E-state index contributed by atoms with van der Waals surface area (Å²) >= 11 is 0. The van der Waals surface area contributed by atoms with Crippen molar-refractivity contribution in [2.45, 2.75) is 56.3 Å². The Kier molecular flexibility index (Phi) is 8.76. The van der Waals surface area contributed by atoms with Gasteiger partial charge in [-0.2, -0.15) is 0 Å². The van der Waals surface area contributed by atoms with Crippen molar-refractivity contribution < 1.29 is 19.9 Å². The summed E-state index contributed by atoms with van der Waals surface area (Å²) in [5.74, 6) is -0.227. The van der Waals surface area contributed by atoms with E-state index in [1.54, 1.807) is 7.05 Å². The molecule has 0 amide bonds. The number of hydrogen-bond acceptors (Lipinski definition) is 5. The molecule has 0 aliphatic carbocycles. The van der Waals surface area contributed by atoms with Crippen LogP contribution in [0.2, 0.25) is 6.32 Å². The Bertz CT molecular complexity index is 564. The first-order valence-electron chi connectivity index (χ1n) is 10.0. The third kappa shape index (κ3) is 6.61. The molecular weight excluding hydrogens is 343 g/mol. The Morgan fingerprint density at radius 3 is 2.41 bits per heavy atom. The number of hydrogen-bond donors (Lipinski definition) is 4. The molecule has 7 heteroatoms. The number of benzene rings is 1. The number of carboxylic acid groups (broad SMARTS) is 1. The topological polar surface area (TPSA) is 93.0 Å². The SMILES string of the molecule is CNC(CCCCB(O)O)(CCN1CCC(c2ccccc2)CC1)C(=O)O. The average molecular weight is 376 g/mol. The van der Waals surface area contributed by atoms with Gasteiger partial charge in [-0.1, -0.05) is 43.2 Å². The van der Waals surface area contributed by atoms with Gasteiger partial charge >= 0.3 is 13.1 Å². The number of rotatable bonds is 11. The molecule has 1 heterocycles. The second-order valence-corrected chi connectivity index (χ2v) is 7.64. The van der Waals surface area contributed by atoms with Crippen LogP contribution in [0.4, 0.5) is 0 Å². The molecule has 6 nitrogen and oxygen atoms in total. The predicted molar refractivity (Wildman–Crippen MR) is 108 cm³/mol. The fourth-order valence-corrected chi connectivity index (χ4v) is 4.01. The molecular formula is C20H33BN2O4. The monoisotopic (exact) mass is 376 g/mol. The number of carboxylic acids is 1. The standard InChI is InChI=1S/C20H33BN2O4/c1-22-20(19(24)25,11-5-6-13-21(26)27)12-16-23-14-9-18(10-15-23)17-7-3-2-4-8-17/h2-4,7-8,18,22,26-27H,5-6,9-16H2,1H3,(H,24,25). The third-order valence-electron chi connectivity index (χ3n) is 5.92. The molecule has 4 N–H and O–H groups in total. The minimum Gasteiger partial charge on any atom is -0.480 e. The Morgan fingerprint density at radius 2 is 1.85 bits per heavy atom. The summed E-state index contributed by atoms with van der Waals surface area (Å²) in [6, 6.07) is 10.6. The maximum absolute atomic E-state index is 11.9. The summed E-state index contributed by atoms with van der Waals surface area (Å²) < 4.78 is 0. The molecule has 150 valence electrons. The van der Waals surface area contributed by atoms with Gasteiger partial charge in [0.15, 0.2) is 0 Å². The van der Waals surface area contributed by atoms with E-state index in [2.05, 4.69) is 34.5 Å². The van der Waals surface area contributed by atoms with Crippen LogP contribution in [-0.4, -0.2) is 65.4 Å². The van der Waals surface area contributed by atoms with Gasteiger partial charge in [0, 0.05) is 6.54 Å². The van der Waals surface area contributed by atoms with Crippen molar-refractivity contribution in [1.82, 2.24) is 10.2 Å². The van der Waals surface area contributed by atoms with Gasteiger partial charge in [-0.25, -0.2) is 0 Å². The number of likely N-dealkylation sites (tertiary alicyclic amines) is 1. The molecule has 0 aromatic heterocycles. The molecule has 0 saturated carbocycles. The molecule has 0 bridgehead atoms. The summed E-state index contributed by atoms with van der Waals surface area (Å²) in [4.78, 5) is 14.3. The Labute approximate surface area is 162 Å². The molecule has 1 aliphatic rings. The van der Waals surface area contributed by atoms with E-state index in [1.165, 1.54) is 5.56 Å². The number of nitrogens with zero attached hydrogens (tertiary/aromatic N) is 1. The fraction of sp³-hybridized carbons (Fsp3) is 0.650. The highest BCUT2D eigenvalue weighted by molar-refractivity contribution is 6.40. The lowest BCUT2D eigenvalue weighted by atomic mass is 9.81. The molecule has 0 radical (unpaired) electrons. The first-order chi connectivity index (χ1) is 13.0. The van der Waals surface area contributed by atoms with Crippen molar-refractivity contribution >= 4 is 13.1 Å². The van der Waals surface area contributed by atoms with Crippen LogP contribution in [0.3, 0.4) is 0 Å². The van der Waals surface area contributed by atoms with Gasteiger partial charge in [-0.15, -0.1) is 0 Å². The largest absolute Gasteiger partial charge is 0.480 e. The molecule has 1 aliphatic heterocycles. The fourth-order valence-electron chi connectivity index (χ4n) is 4.01. The van der Waals surface area contributed by atoms with Crippen molar-refractivity contribution in [2.75, 3.05) is 26.7 Å².